The number of carbonyl (C=O) groups is 1. The van der Waals surface area contributed by atoms with Crippen molar-refractivity contribution in [1.82, 2.24) is 4.98 Å². The molecular weight excluding hydrogens is 479 g/mol. The molecule has 0 aliphatic heterocycles. The Morgan fingerprint density at radius 2 is 1.80 bits per heavy atom. The third-order valence-electron chi connectivity index (χ3n) is 6.05. The summed E-state index contributed by atoms with van der Waals surface area (Å²) in [6.07, 6.45) is 0.303. The normalized spacial score (nSPS) is 13.9. The zero-order chi connectivity index (χ0) is 25.2. The van der Waals surface area contributed by atoms with Crippen LogP contribution in [0.25, 0.3) is 11.1 Å². The minimum Gasteiger partial charge on any atom is -0.489 e. The van der Waals surface area contributed by atoms with Crippen LogP contribution in [0.1, 0.15) is 64.5 Å². The third kappa shape index (κ3) is 5.51. The molecule has 35 heavy (non-hydrogen) atoms. The fourth-order valence-corrected chi connectivity index (χ4v) is 4.50. The van der Waals surface area contributed by atoms with E-state index in [4.69, 9.17) is 16.3 Å². The van der Waals surface area contributed by atoms with Gasteiger partial charge in [-0.2, -0.15) is 13.2 Å². The van der Waals surface area contributed by atoms with Gasteiger partial charge in [-0.1, -0.05) is 30.7 Å². The first-order valence-corrected chi connectivity index (χ1v) is 11.6. The molecule has 0 atom stereocenters. The summed E-state index contributed by atoms with van der Waals surface area (Å²) in [7, 11) is 0. The lowest BCUT2D eigenvalue weighted by Gasteiger charge is -2.14. The summed E-state index contributed by atoms with van der Waals surface area (Å²) in [5, 5.41) is 10.1. The highest BCUT2D eigenvalue weighted by atomic mass is 35.5. The molecule has 1 heterocycles. The van der Waals surface area contributed by atoms with Crippen molar-refractivity contribution in [1.29, 1.82) is 0 Å². The van der Waals surface area contributed by atoms with Crippen LogP contribution in [-0.4, -0.2) is 16.1 Å². The van der Waals surface area contributed by atoms with Crippen LogP contribution in [0.3, 0.4) is 0 Å². The molecule has 1 aromatic heterocycles. The van der Waals surface area contributed by atoms with Crippen molar-refractivity contribution in [3.63, 3.8) is 0 Å². The molecule has 0 spiro atoms. The highest BCUT2D eigenvalue weighted by Gasteiger charge is 2.30. The SMILES string of the molecule is CCc1ncc(C2=C(c3cc(OCc4ccc(C(F)(F)F)cc4)ccc3Cl)CCC2)cc1C(=O)O. The van der Waals surface area contributed by atoms with Gasteiger partial charge in [0.2, 0.25) is 0 Å². The first-order chi connectivity index (χ1) is 16.7. The van der Waals surface area contributed by atoms with Crippen LogP contribution in [0.2, 0.25) is 5.02 Å². The number of aromatic carboxylic acids is 1. The number of rotatable bonds is 7. The summed E-state index contributed by atoms with van der Waals surface area (Å²) >= 11 is 6.53. The molecule has 0 unspecified atom stereocenters. The maximum absolute atomic E-state index is 12.8. The van der Waals surface area contributed by atoms with E-state index in [1.165, 1.54) is 12.1 Å². The number of allylic oxidation sites excluding steroid dienone is 2. The second-order valence-corrected chi connectivity index (χ2v) is 8.72. The van der Waals surface area contributed by atoms with E-state index in [1.54, 1.807) is 24.4 Å². The van der Waals surface area contributed by atoms with Crippen LogP contribution in [0.15, 0.2) is 54.7 Å². The minimum atomic E-state index is -4.38. The van der Waals surface area contributed by atoms with Crippen LogP contribution >= 0.6 is 11.6 Å². The van der Waals surface area contributed by atoms with E-state index in [9.17, 15) is 23.1 Å². The van der Waals surface area contributed by atoms with Crippen molar-refractivity contribution in [2.24, 2.45) is 0 Å². The number of hydrogen-bond donors (Lipinski definition) is 1. The number of carboxylic acid groups (broad SMARTS) is 1. The zero-order valence-electron chi connectivity index (χ0n) is 19.0. The largest absolute Gasteiger partial charge is 0.489 e. The lowest BCUT2D eigenvalue weighted by molar-refractivity contribution is -0.137. The molecule has 182 valence electrons. The monoisotopic (exact) mass is 501 g/mol. The van der Waals surface area contributed by atoms with Crippen molar-refractivity contribution in [3.05, 3.63) is 93.3 Å². The van der Waals surface area contributed by atoms with E-state index >= 15 is 0 Å². The highest BCUT2D eigenvalue weighted by molar-refractivity contribution is 6.32. The van der Waals surface area contributed by atoms with Gasteiger partial charge in [-0.25, -0.2) is 4.79 Å². The van der Waals surface area contributed by atoms with Crippen LogP contribution < -0.4 is 4.74 Å². The first-order valence-electron chi connectivity index (χ1n) is 11.2. The van der Waals surface area contributed by atoms with Crippen molar-refractivity contribution in [2.75, 3.05) is 0 Å². The molecule has 1 aliphatic rings. The van der Waals surface area contributed by atoms with Gasteiger partial charge >= 0.3 is 12.1 Å². The van der Waals surface area contributed by atoms with Crippen LogP contribution in [-0.2, 0) is 19.2 Å². The number of benzene rings is 2. The molecule has 3 aromatic rings. The van der Waals surface area contributed by atoms with Gasteiger partial charge in [0, 0.05) is 16.8 Å². The predicted molar refractivity (Wildman–Crippen MR) is 128 cm³/mol. The standard InChI is InChI=1S/C27H23ClF3NO3/c1-2-25-23(26(33)34)12-17(14-32-25)20-4-3-5-21(20)22-13-19(10-11-24(22)28)35-15-16-6-8-18(9-7-16)27(29,30)31/h6-14H,2-5,15H2,1H3,(H,33,34). The van der Waals surface area contributed by atoms with Gasteiger partial charge in [-0.15, -0.1) is 0 Å². The Morgan fingerprint density at radius 3 is 2.46 bits per heavy atom. The van der Waals surface area contributed by atoms with E-state index in [1.807, 2.05) is 13.0 Å². The maximum atomic E-state index is 12.8. The molecule has 0 saturated carbocycles. The number of alkyl halides is 3. The fourth-order valence-electron chi connectivity index (χ4n) is 4.27. The van der Waals surface area contributed by atoms with Gasteiger partial charge in [0.15, 0.2) is 0 Å². The maximum Gasteiger partial charge on any atom is 0.416 e. The number of halogens is 4. The molecule has 0 bridgehead atoms. The van der Waals surface area contributed by atoms with Crippen molar-refractivity contribution in [2.45, 2.75) is 45.4 Å². The van der Waals surface area contributed by atoms with Crippen LogP contribution in [0, 0.1) is 0 Å². The lowest BCUT2D eigenvalue weighted by atomic mass is 9.96. The molecule has 1 aliphatic carbocycles. The second-order valence-electron chi connectivity index (χ2n) is 8.31. The number of pyridine rings is 1. The van der Waals surface area contributed by atoms with Gasteiger partial charge in [0.25, 0.3) is 0 Å². The Hall–Kier alpha value is -3.32. The molecule has 0 amide bonds. The van der Waals surface area contributed by atoms with Crippen molar-refractivity contribution >= 4 is 28.7 Å². The average molecular weight is 502 g/mol. The highest BCUT2D eigenvalue weighted by Crippen LogP contribution is 2.43. The zero-order valence-corrected chi connectivity index (χ0v) is 19.7. The van der Waals surface area contributed by atoms with Gasteiger partial charge in [0.1, 0.15) is 12.4 Å². The smallest absolute Gasteiger partial charge is 0.416 e. The summed E-state index contributed by atoms with van der Waals surface area (Å²) in [5.41, 5.74) is 4.21. The van der Waals surface area contributed by atoms with Crippen LogP contribution in [0.4, 0.5) is 13.2 Å². The molecule has 4 rings (SSSR count). The number of ether oxygens (including phenoxy) is 1. The predicted octanol–water partition coefficient (Wildman–Crippen LogP) is 7.69. The Morgan fingerprint density at radius 1 is 1.09 bits per heavy atom. The van der Waals surface area contributed by atoms with Gasteiger partial charge in [-0.05, 0) is 84.4 Å². The number of hydrogen-bond acceptors (Lipinski definition) is 3. The Bertz CT molecular complexity index is 1280. The minimum absolute atomic E-state index is 0.107. The third-order valence-corrected chi connectivity index (χ3v) is 6.38. The van der Waals surface area contributed by atoms with Crippen molar-refractivity contribution in [3.8, 4) is 5.75 Å². The number of carboxylic acids is 1. The van der Waals surface area contributed by atoms with Gasteiger partial charge in [-0.3, -0.25) is 4.98 Å². The molecule has 8 heteroatoms. The molecule has 1 N–H and O–H groups in total. The Balaban J connectivity index is 1.61. The number of nitrogens with zero attached hydrogens (tertiary/aromatic N) is 1. The summed E-state index contributed by atoms with van der Waals surface area (Å²) in [6.45, 7) is 1.97. The van der Waals surface area contributed by atoms with E-state index in [-0.39, 0.29) is 12.2 Å². The summed E-state index contributed by atoms with van der Waals surface area (Å²) in [4.78, 5) is 16.1. The molecular formula is C27H23ClF3NO3. The average Bonchev–Trinajstić information content (AvgIpc) is 3.32. The molecule has 0 fully saturated rings. The van der Waals surface area contributed by atoms with E-state index in [0.29, 0.717) is 28.5 Å². The van der Waals surface area contributed by atoms with Crippen LogP contribution in [0.5, 0.6) is 5.75 Å². The van der Waals surface area contributed by atoms with Gasteiger partial charge in [0.05, 0.1) is 16.8 Å². The second kappa shape index (κ2) is 10.1. The lowest BCUT2D eigenvalue weighted by Crippen LogP contribution is -2.05. The topological polar surface area (TPSA) is 59.4 Å². The van der Waals surface area contributed by atoms with E-state index in [2.05, 4.69) is 4.98 Å². The Kier molecular flexibility index (Phi) is 7.17. The first kappa shape index (κ1) is 24.8. The number of aromatic nitrogens is 1. The molecule has 0 saturated heterocycles. The molecule has 2 aromatic carbocycles. The van der Waals surface area contributed by atoms with E-state index in [0.717, 1.165) is 53.7 Å². The summed E-state index contributed by atoms with van der Waals surface area (Å²) < 4.78 is 44.2. The fraction of sp³-hybridized carbons (Fsp3) is 0.259. The van der Waals surface area contributed by atoms with Gasteiger partial charge < -0.3 is 9.84 Å². The molecule has 0 radical (unpaired) electrons. The summed E-state index contributed by atoms with van der Waals surface area (Å²) in [5.74, 6) is -0.471. The quantitative estimate of drug-likeness (QED) is 0.360. The number of aryl methyl sites for hydroxylation is 1. The van der Waals surface area contributed by atoms with Crippen molar-refractivity contribution < 1.29 is 27.8 Å². The van der Waals surface area contributed by atoms with E-state index < -0.39 is 17.7 Å². The Labute approximate surface area is 206 Å². The molecule has 4 nitrogen and oxygen atoms in total. The summed E-state index contributed by atoms with van der Waals surface area (Å²) in [6, 6.07) is 11.8.